The van der Waals surface area contributed by atoms with Gasteiger partial charge in [-0.05, 0) is 44.4 Å². The maximum absolute atomic E-state index is 13.7. The lowest BCUT2D eigenvalue weighted by Crippen LogP contribution is -2.53. The first kappa shape index (κ1) is 21.9. The molecule has 0 aliphatic carbocycles. The lowest BCUT2D eigenvalue weighted by molar-refractivity contribution is 0.446. The largest absolute Gasteiger partial charge is 0.356 e. The van der Waals surface area contributed by atoms with Crippen LogP contribution >= 0.6 is 15.9 Å². The van der Waals surface area contributed by atoms with E-state index in [1.165, 1.54) is 6.07 Å². The van der Waals surface area contributed by atoms with Crippen LogP contribution in [0.15, 0.2) is 27.7 Å². The van der Waals surface area contributed by atoms with Gasteiger partial charge in [-0.2, -0.15) is 0 Å². The average molecular weight is 437 g/mol. The Balaban J connectivity index is 2.39. The molecular weight excluding hydrogens is 411 g/mol. The molecule has 0 bridgehead atoms. The fraction of sp³-hybridized carbons (Fsp3) is 0.562. The Hall–Kier alpha value is -1.19. The van der Waals surface area contributed by atoms with Crippen molar-refractivity contribution in [2.45, 2.75) is 32.2 Å². The summed E-state index contributed by atoms with van der Waals surface area (Å²) >= 11 is 3.24. The second-order valence-corrected chi connectivity index (χ2v) is 9.11. The predicted molar refractivity (Wildman–Crippen MR) is 104 cm³/mol. The molecule has 0 aliphatic heterocycles. The molecule has 0 saturated carbocycles. The van der Waals surface area contributed by atoms with Crippen molar-refractivity contribution in [1.29, 1.82) is 0 Å². The van der Waals surface area contributed by atoms with Crippen molar-refractivity contribution in [1.82, 2.24) is 15.4 Å². The van der Waals surface area contributed by atoms with Crippen LogP contribution in [0.5, 0.6) is 0 Å². The Labute approximate surface area is 157 Å². The van der Waals surface area contributed by atoms with Gasteiger partial charge in [0.15, 0.2) is 5.96 Å². The highest BCUT2D eigenvalue weighted by atomic mass is 79.9. The van der Waals surface area contributed by atoms with Crippen LogP contribution in [-0.2, 0) is 16.4 Å². The molecule has 6 nitrogen and oxygen atoms in total. The number of sulfonamides is 1. The molecule has 0 spiro atoms. The van der Waals surface area contributed by atoms with Gasteiger partial charge in [-0.25, -0.2) is 17.5 Å². The molecule has 0 amide bonds. The molecular formula is C16H26BrFN4O2S. The molecule has 0 atom stereocenters. The molecule has 0 heterocycles. The van der Waals surface area contributed by atoms with Crippen molar-refractivity contribution >= 4 is 31.9 Å². The molecule has 3 N–H and O–H groups in total. The number of halogens is 2. The van der Waals surface area contributed by atoms with Crippen LogP contribution in [0, 0.1) is 5.82 Å². The van der Waals surface area contributed by atoms with E-state index in [2.05, 4.69) is 36.3 Å². The Bertz CT molecular complexity index is 708. The lowest BCUT2D eigenvalue weighted by atomic mass is 10.1. The van der Waals surface area contributed by atoms with Gasteiger partial charge in [0.25, 0.3) is 0 Å². The summed E-state index contributed by atoms with van der Waals surface area (Å²) in [6.07, 6.45) is 2.48. The van der Waals surface area contributed by atoms with E-state index in [9.17, 15) is 12.8 Å². The third kappa shape index (κ3) is 9.18. The lowest BCUT2D eigenvalue weighted by Gasteiger charge is -2.26. The van der Waals surface area contributed by atoms with Crippen LogP contribution < -0.4 is 15.4 Å². The second-order valence-electron chi connectivity index (χ2n) is 6.45. The number of benzene rings is 1. The van der Waals surface area contributed by atoms with Crippen LogP contribution in [0.1, 0.15) is 25.8 Å². The SMILES string of the molecule is CN=C(NCCCc1ccc(Br)cc1F)NCC(C)(C)NS(C)(=O)=O. The van der Waals surface area contributed by atoms with E-state index in [0.717, 1.165) is 17.1 Å². The number of aryl methyl sites for hydroxylation is 1. The van der Waals surface area contributed by atoms with Crippen LogP contribution in [0.2, 0.25) is 0 Å². The highest BCUT2D eigenvalue weighted by Gasteiger charge is 2.22. The first-order chi connectivity index (χ1) is 11.5. The standard InChI is InChI=1S/C16H26BrFN4O2S/c1-16(2,22-25(4,23)24)11-21-15(19-3)20-9-5-6-12-7-8-13(17)10-14(12)18/h7-8,10,22H,5-6,9,11H2,1-4H3,(H2,19,20,21). The summed E-state index contributed by atoms with van der Waals surface area (Å²) in [5.41, 5.74) is 0.0256. The van der Waals surface area contributed by atoms with E-state index in [0.29, 0.717) is 31.0 Å². The quantitative estimate of drug-likeness (QED) is 0.330. The number of nitrogens with one attached hydrogen (secondary N) is 3. The Morgan fingerprint density at radius 1 is 1.32 bits per heavy atom. The number of hydrogen-bond acceptors (Lipinski definition) is 3. The minimum Gasteiger partial charge on any atom is -0.356 e. The molecule has 1 aromatic rings. The fourth-order valence-electron chi connectivity index (χ4n) is 2.27. The number of nitrogens with zero attached hydrogens (tertiary/aromatic N) is 1. The van der Waals surface area contributed by atoms with Gasteiger partial charge < -0.3 is 10.6 Å². The molecule has 0 radical (unpaired) electrons. The Morgan fingerprint density at radius 3 is 2.56 bits per heavy atom. The number of aliphatic imine (C=N–C) groups is 1. The zero-order chi connectivity index (χ0) is 19.1. The number of hydrogen-bond donors (Lipinski definition) is 3. The zero-order valence-electron chi connectivity index (χ0n) is 15.0. The maximum atomic E-state index is 13.7. The van der Waals surface area contributed by atoms with Crippen LogP contribution in [0.3, 0.4) is 0 Å². The summed E-state index contributed by atoms with van der Waals surface area (Å²) in [6.45, 7) is 4.56. The molecule has 0 aromatic heterocycles. The molecule has 142 valence electrons. The maximum Gasteiger partial charge on any atom is 0.209 e. The van der Waals surface area contributed by atoms with Crippen molar-refractivity contribution in [2.75, 3.05) is 26.4 Å². The van der Waals surface area contributed by atoms with E-state index in [-0.39, 0.29) is 5.82 Å². The number of rotatable bonds is 8. The molecule has 25 heavy (non-hydrogen) atoms. The van der Waals surface area contributed by atoms with Gasteiger partial charge >= 0.3 is 0 Å². The first-order valence-corrected chi connectivity index (χ1v) is 10.6. The van der Waals surface area contributed by atoms with Crippen LogP contribution in [-0.4, -0.2) is 46.3 Å². The average Bonchev–Trinajstić information content (AvgIpc) is 2.46. The minimum atomic E-state index is -3.28. The van der Waals surface area contributed by atoms with Crippen molar-refractivity contribution in [3.05, 3.63) is 34.1 Å². The normalized spacial score (nSPS) is 13.0. The van der Waals surface area contributed by atoms with Crippen molar-refractivity contribution < 1.29 is 12.8 Å². The minimum absolute atomic E-state index is 0.217. The fourth-order valence-corrected chi connectivity index (χ4v) is 3.68. The first-order valence-electron chi connectivity index (χ1n) is 7.90. The van der Waals surface area contributed by atoms with Gasteiger partial charge in [0.1, 0.15) is 5.82 Å². The van der Waals surface area contributed by atoms with Gasteiger partial charge in [-0.15, -0.1) is 0 Å². The summed E-state index contributed by atoms with van der Waals surface area (Å²) in [5, 5.41) is 6.22. The van der Waals surface area contributed by atoms with Gasteiger partial charge in [0.05, 0.1) is 6.26 Å². The van der Waals surface area contributed by atoms with Crippen molar-refractivity contribution in [3.63, 3.8) is 0 Å². The molecule has 1 rings (SSSR count). The molecule has 0 saturated heterocycles. The topological polar surface area (TPSA) is 82.6 Å². The van der Waals surface area contributed by atoms with Gasteiger partial charge in [-0.3, -0.25) is 4.99 Å². The van der Waals surface area contributed by atoms with Crippen LogP contribution in [0.25, 0.3) is 0 Å². The smallest absolute Gasteiger partial charge is 0.209 e. The third-order valence-corrected chi connectivity index (χ3v) is 4.73. The summed E-state index contributed by atoms with van der Waals surface area (Å²) in [4.78, 5) is 4.10. The molecule has 0 fully saturated rings. The van der Waals surface area contributed by atoms with Gasteiger partial charge in [0, 0.05) is 30.1 Å². The van der Waals surface area contributed by atoms with Crippen molar-refractivity contribution in [2.24, 2.45) is 4.99 Å². The summed E-state index contributed by atoms with van der Waals surface area (Å²) in [6, 6.07) is 5.05. The van der Waals surface area contributed by atoms with E-state index in [1.807, 2.05) is 6.07 Å². The molecule has 0 aliphatic rings. The summed E-state index contributed by atoms with van der Waals surface area (Å²) in [5.74, 6) is 0.352. The van der Waals surface area contributed by atoms with E-state index in [1.54, 1.807) is 27.0 Å². The van der Waals surface area contributed by atoms with Gasteiger partial charge in [0.2, 0.25) is 10.0 Å². The van der Waals surface area contributed by atoms with E-state index in [4.69, 9.17) is 0 Å². The summed E-state index contributed by atoms with van der Waals surface area (Å²) in [7, 11) is -1.64. The third-order valence-electron chi connectivity index (χ3n) is 3.31. The van der Waals surface area contributed by atoms with Crippen LogP contribution in [0.4, 0.5) is 4.39 Å². The van der Waals surface area contributed by atoms with E-state index >= 15 is 0 Å². The number of guanidine groups is 1. The Morgan fingerprint density at radius 2 is 2.00 bits per heavy atom. The Kier molecular flexibility index (Phi) is 8.30. The molecule has 0 unspecified atom stereocenters. The van der Waals surface area contributed by atoms with Crippen molar-refractivity contribution in [3.8, 4) is 0 Å². The molecule has 9 heteroatoms. The predicted octanol–water partition coefficient (Wildman–Crippen LogP) is 2.01. The summed E-state index contributed by atoms with van der Waals surface area (Å²) < 4.78 is 39.7. The monoisotopic (exact) mass is 436 g/mol. The molecule has 1 aromatic carbocycles. The highest BCUT2D eigenvalue weighted by Crippen LogP contribution is 2.16. The zero-order valence-corrected chi connectivity index (χ0v) is 17.4. The second kappa shape index (κ2) is 9.49. The van der Waals surface area contributed by atoms with E-state index < -0.39 is 15.6 Å². The van der Waals surface area contributed by atoms with Gasteiger partial charge in [-0.1, -0.05) is 22.0 Å². The highest BCUT2D eigenvalue weighted by molar-refractivity contribution is 9.10.